The van der Waals surface area contributed by atoms with Crippen LogP contribution in [-0.4, -0.2) is 82.1 Å². The van der Waals surface area contributed by atoms with Crippen LogP contribution in [0.15, 0.2) is 23.2 Å². The molecule has 0 saturated carbocycles. The van der Waals surface area contributed by atoms with E-state index in [-0.39, 0.29) is 6.54 Å². The van der Waals surface area contributed by atoms with Crippen molar-refractivity contribution in [3.63, 3.8) is 0 Å². The number of likely N-dealkylation sites (N-methyl/N-ethyl adjacent to an activating group) is 1. The molecule has 1 fully saturated rings. The first kappa shape index (κ1) is 20.4. The third-order valence-electron chi connectivity index (χ3n) is 4.44. The second-order valence-electron chi connectivity index (χ2n) is 7.04. The minimum Gasteiger partial charge on any atom is -0.369 e. The van der Waals surface area contributed by atoms with Gasteiger partial charge in [-0.25, -0.2) is 4.99 Å². The molecule has 1 aromatic carbocycles. The first-order valence-electron chi connectivity index (χ1n) is 8.62. The summed E-state index contributed by atoms with van der Waals surface area (Å²) in [5.74, 6) is 0.715. The summed E-state index contributed by atoms with van der Waals surface area (Å²) >= 11 is 0. The van der Waals surface area contributed by atoms with Gasteiger partial charge in [0.1, 0.15) is 0 Å². The normalized spacial score (nSPS) is 15.8. The van der Waals surface area contributed by atoms with Crippen molar-refractivity contribution in [2.45, 2.75) is 12.7 Å². The van der Waals surface area contributed by atoms with E-state index in [9.17, 15) is 13.2 Å². The van der Waals surface area contributed by atoms with Crippen LogP contribution in [0.2, 0.25) is 0 Å². The average Bonchev–Trinajstić information content (AvgIpc) is 2.54. The molecule has 5 nitrogen and oxygen atoms in total. The first-order chi connectivity index (χ1) is 12.1. The molecule has 0 unspecified atom stereocenters. The van der Waals surface area contributed by atoms with Gasteiger partial charge in [-0.1, -0.05) is 0 Å². The van der Waals surface area contributed by atoms with Crippen LogP contribution in [0.1, 0.15) is 11.1 Å². The molecule has 8 heteroatoms. The van der Waals surface area contributed by atoms with E-state index in [0.717, 1.165) is 31.9 Å². The lowest BCUT2D eigenvalue weighted by Gasteiger charge is -2.35. The van der Waals surface area contributed by atoms with Crippen LogP contribution in [0, 0.1) is 0 Å². The maximum atomic E-state index is 13.2. The smallest absolute Gasteiger partial charge is 0.369 e. The van der Waals surface area contributed by atoms with Gasteiger partial charge in [-0.05, 0) is 30.8 Å². The molecule has 1 aliphatic rings. The third-order valence-corrected chi connectivity index (χ3v) is 4.44. The molecule has 1 saturated heterocycles. The summed E-state index contributed by atoms with van der Waals surface area (Å²) in [4.78, 5) is 12.6. The second kappa shape index (κ2) is 8.16. The number of alkyl halides is 3. The van der Waals surface area contributed by atoms with Gasteiger partial charge in [-0.2, -0.15) is 13.2 Å². The van der Waals surface area contributed by atoms with Gasteiger partial charge in [-0.3, -0.25) is 0 Å². The van der Waals surface area contributed by atoms with Gasteiger partial charge in [0.15, 0.2) is 5.96 Å². The summed E-state index contributed by atoms with van der Waals surface area (Å²) in [6.07, 6.45) is -4.36. The zero-order valence-corrected chi connectivity index (χ0v) is 16.1. The number of hydrogen-bond donors (Lipinski definition) is 0. The van der Waals surface area contributed by atoms with Gasteiger partial charge in [-0.15, -0.1) is 0 Å². The molecule has 26 heavy (non-hydrogen) atoms. The Labute approximate surface area is 153 Å². The number of aliphatic imine (C=N–C) groups is 1. The van der Waals surface area contributed by atoms with E-state index in [1.165, 1.54) is 12.1 Å². The Bertz CT molecular complexity index is 622. The van der Waals surface area contributed by atoms with Crippen LogP contribution in [0.4, 0.5) is 18.9 Å². The summed E-state index contributed by atoms with van der Waals surface area (Å²) in [7, 11) is 9.52. The highest BCUT2D eigenvalue weighted by Crippen LogP contribution is 2.33. The summed E-state index contributed by atoms with van der Waals surface area (Å²) in [6.45, 7) is 3.59. The molecule has 0 aliphatic carbocycles. The number of piperazine rings is 1. The topological polar surface area (TPSA) is 25.3 Å². The molecule has 1 aliphatic heterocycles. The Morgan fingerprint density at radius 1 is 1.04 bits per heavy atom. The number of hydrogen-bond acceptors (Lipinski definition) is 3. The van der Waals surface area contributed by atoms with E-state index < -0.39 is 11.7 Å². The Kier molecular flexibility index (Phi) is 6.39. The van der Waals surface area contributed by atoms with Gasteiger partial charge < -0.3 is 19.6 Å². The maximum absolute atomic E-state index is 13.2. The summed E-state index contributed by atoms with van der Waals surface area (Å²) in [5.41, 5.74) is 0.814. The summed E-state index contributed by atoms with van der Waals surface area (Å²) in [6, 6.07) is 3.99. The number of anilines is 1. The van der Waals surface area contributed by atoms with Crippen molar-refractivity contribution < 1.29 is 13.2 Å². The highest BCUT2D eigenvalue weighted by Gasteiger charge is 2.31. The number of benzene rings is 1. The fourth-order valence-electron chi connectivity index (χ4n) is 3.08. The van der Waals surface area contributed by atoms with Crippen molar-refractivity contribution in [3.8, 4) is 0 Å². The Morgan fingerprint density at radius 2 is 1.62 bits per heavy atom. The van der Waals surface area contributed by atoms with Crippen LogP contribution in [-0.2, 0) is 12.7 Å². The molecular weight excluding hydrogens is 343 g/mol. The molecule has 0 atom stereocenters. The molecule has 0 spiro atoms. The first-order valence-corrected chi connectivity index (χ1v) is 8.62. The summed E-state index contributed by atoms with van der Waals surface area (Å²) in [5, 5.41) is 0. The molecule has 0 radical (unpaired) electrons. The number of rotatable bonds is 3. The van der Waals surface area contributed by atoms with Crippen LogP contribution >= 0.6 is 0 Å². The van der Waals surface area contributed by atoms with E-state index in [1.807, 2.05) is 38.0 Å². The number of guanidine groups is 1. The quantitative estimate of drug-likeness (QED) is 0.602. The third kappa shape index (κ3) is 5.03. The SMILES string of the molecule is CN1CCN(c2ccc(C(F)(F)F)cc2CN=C(N(C)C)N(C)C)CC1. The van der Waals surface area contributed by atoms with Crippen molar-refractivity contribution in [1.82, 2.24) is 14.7 Å². The van der Waals surface area contributed by atoms with Crippen molar-refractivity contribution in [2.24, 2.45) is 4.99 Å². The van der Waals surface area contributed by atoms with Crippen LogP contribution < -0.4 is 4.90 Å². The van der Waals surface area contributed by atoms with E-state index in [0.29, 0.717) is 11.5 Å². The second-order valence-corrected chi connectivity index (χ2v) is 7.04. The fourth-order valence-corrected chi connectivity index (χ4v) is 3.08. The molecular formula is C18H28F3N5. The van der Waals surface area contributed by atoms with E-state index in [2.05, 4.69) is 21.8 Å². The van der Waals surface area contributed by atoms with E-state index in [1.54, 1.807) is 6.07 Å². The lowest BCUT2D eigenvalue weighted by Crippen LogP contribution is -2.44. The predicted octanol–water partition coefficient (Wildman–Crippen LogP) is 2.44. The van der Waals surface area contributed by atoms with Crippen LogP contribution in [0.3, 0.4) is 0 Å². The summed E-state index contributed by atoms with van der Waals surface area (Å²) < 4.78 is 39.5. The largest absolute Gasteiger partial charge is 0.416 e. The minimum absolute atomic E-state index is 0.206. The van der Waals surface area contributed by atoms with Gasteiger partial charge in [0.05, 0.1) is 12.1 Å². The highest BCUT2D eigenvalue weighted by atomic mass is 19.4. The maximum Gasteiger partial charge on any atom is 0.416 e. The molecule has 0 amide bonds. The van der Waals surface area contributed by atoms with Crippen molar-refractivity contribution in [1.29, 1.82) is 0 Å². The lowest BCUT2D eigenvalue weighted by atomic mass is 10.1. The van der Waals surface area contributed by atoms with Gasteiger partial charge >= 0.3 is 6.18 Å². The van der Waals surface area contributed by atoms with Crippen LogP contribution in [0.25, 0.3) is 0 Å². The monoisotopic (exact) mass is 371 g/mol. The zero-order chi connectivity index (χ0) is 19.5. The average molecular weight is 371 g/mol. The zero-order valence-electron chi connectivity index (χ0n) is 16.1. The van der Waals surface area contributed by atoms with E-state index >= 15 is 0 Å². The molecule has 0 N–H and O–H groups in total. The van der Waals surface area contributed by atoms with Crippen molar-refractivity contribution >= 4 is 11.6 Å². The molecule has 1 aromatic rings. The predicted molar refractivity (Wildman–Crippen MR) is 99.7 cm³/mol. The van der Waals surface area contributed by atoms with Crippen molar-refractivity contribution in [3.05, 3.63) is 29.3 Å². The molecule has 2 rings (SSSR count). The molecule has 0 aromatic heterocycles. The van der Waals surface area contributed by atoms with Crippen molar-refractivity contribution in [2.75, 3.05) is 66.3 Å². The van der Waals surface area contributed by atoms with E-state index in [4.69, 9.17) is 0 Å². The Morgan fingerprint density at radius 3 is 2.12 bits per heavy atom. The number of halogens is 3. The Hall–Kier alpha value is -1.96. The molecule has 1 heterocycles. The minimum atomic E-state index is -4.36. The Balaban J connectivity index is 2.37. The fraction of sp³-hybridized carbons (Fsp3) is 0.611. The standard InChI is InChI=1S/C18H28F3N5/c1-23(2)17(24(3)4)22-13-14-12-15(18(19,20)21)6-7-16(14)26-10-8-25(5)9-11-26/h6-7,12H,8-11,13H2,1-5H3. The molecule has 146 valence electrons. The molecule has 0 bridgehead atoms. The number of nitrogens with zero attached hydrogens (tertiary/aromatic N) is 5. The lowest BCUT2D eigenvalue weighted by molar-refractivity contribution is -0.137. The highest BCUT2D eigenvalue weighted by molar-refractivity contribution is 5.79. The van der Waals surface area contributed by atoms with Gasteiger partial charge in [0.25, 0.3) is 0 Å². The van der Waals surface area contributed by atoms with Gasteiger partial charge in [0.2, 0.25) is 0 Å². The van der Waals surface area contributed by atoms with Crippen LogP contribution in [0.5, 0.6) is 0 Å². The van der Waals surface area contributed by atoms with Gasteiger partial charge in [0, 0.05) is 60.1 Å².